The number of rotatable bonds is 3. The van der Waals surface area contributed by atoms with Gasteiger partial charge in [-0.25, -0.2) is 15.0 Å². The second kappa shape index (κ2) is 3.96. The van der Waals surface area contributed by atoms with Crippen molar-refractivity contribution in [1.82, 2.24) is 19.9 Å². The molecule has 0 radical (unpaired) electrons. The van der Waals surface area contributed by atoms with Gasteiger partial charge in [-0.15, -0.1) is 0 Å². The van der Waals surface area contributed by atoms with E-state index in [-0.39, 0.29) is 5.60 Å². The number of anilines is 1. The van der Waals surface area contributed by atoms with Gasteiger partial charge in [0.2, 0.25) is 0 Å². The predicted molar refractivity (Wildman–Crippen MR) is 63.8 cm³/mol. The van der Waals surface area contributed by atoms with Crippen molar-refractivity contribution in [2.75, 3.05) is 18.5 Å². The highest BCUT2D eigenvalue weighted by Crippen LogP contribution is 2.25. The summed E-state index contributed by atoms with van der Waals surface area (Å²) < 4.78 is 5.72. The van der Waals surface area contributed by atoms with Crippen molar-refractivity contribution in [1.29, 1.82) is 0 Å². The molecule has 1 saturated heterocycles. The molecule has 2 N–H and O–H groups in total. The molecule has 3 rings (SSSR count). The van der Waals surface area contributed by atoms with Crippen molar-refractivity contribution in [2.45, 2.75) is 25.4 Å². The summed E-state index contributed by atoms with van der Waals surface area (Å²) in [4.78, 5) is 15.4. The van der Waals surface area contributed by atoms with Crippen molar-refractivity contribution >= 4 is 17.0 Å². The van der Waals surface area contributed by atoms with Crippen LogP contribution in [-0.4, -0.2) is 38.7 Å². The molecule has 0 aromatic carbocycles. The summed E-state index contributed by atoms with van der Waals surface area (Å²) in [5.41, 5.74) is 1.44. The Labute approximate surface area is 98.8 Å². The first-order valence-corrected chi connectivity index (χ1v) is 5.79. The topological polar surface area (TPSA) is 75.7 Å². The van der Waals surface area contributed by atoms with Gasteiger partial charge in [0, 0.05) is 13.2 Å². The number of nitrogens with one attached hydrogen (secondary N) is 2. The second-order valence-electron chi connectivity index (χ2n) is 4.58. The lowest BCUT2D eigenvalue weighted by Crippen LogP contribution is -2.32. The van der Waals surface area contributed by atoms with Crippen LogP contribution in [0.15, 0.2) is 12.7 Å². The van der Waals surface area contributed by atoms with Gasteiger partial charge in [0.05, 0.1) is 11.9 Å². The van der Waals surface area contributed by atoms with Crippen LogP contribution in [0.4, 0.5) is 5.82 Å². The minimum absolute atomic E-state index is 0.0860. The summed E-state index contributed by atoms with van der Waals surface area (Å²) in [6.07, 6.45) is 5.35. The van der Waals surface area contributed by atoms with E-state index in [1.54, 1.807) is 6.33 Å². The highest BCUT2D eigenvalue weighted by molar-refractivity contribution is 5.81. The molecule has 2 aromatic heterocycles. The van der Waals surface area contributed by atoms with Crippen LogP contribution in [0.5, 0.6) is 0 Å². The number of imidazole rings is 1. The molecular formula is C11H15N5O. The van der Waals surface area contributed by atoms with Gasteiger partial charge in [-0.2, -0.15) is 0 Å². The van der Waals surface area contributed by atoms with E-state index in [0.29, 0.717) is 5.65 Å². The van der Waals surface area contributed by atoms with E-state index in [2.05, 4.69) is 32.2 Å². The van der Waals surface area contributed by atoms with Gasteiger partial charge in [0.1, 0.15) is 11.8 Å². The summed E-state index contributed by atoms with van der Waals surface area (Å²) in [5.74, 6) is 0.782. The van der Waals surface area contributed by atoms with Crippen LogP contribution < -0.4 is 5.32 Å². The lowest BCUT2D eigenvalue weighted by atomic mass is 10.0. The minimum atomic E-state index is -0.0860. The first-order chi connectivity index (χ1) is 8.27. The van der Waals surface area contributed by atoms with E-state index in [4.69, 9.17) is 4.74 Å². The zero-order valence-electron chi connectivity index (χ0n) is 9.73. The molecule has 1 aliphatic rings. The Morgan fingerprint density at radius 1 is 1.47 bits per heavy atom. The zero-order chi connectivity index (χ0) is 11.7. The Kier molecular flexibility index (Phi) is 2.44. The second-order valence-corrected chi connectivity index (χ2v) is 4.58. The fraction of sp³-hybridized carbons (Fsp3) is 0.545. The van der Waals surface area contributed by atoms with Gasteiger partial charge in [-0.1, -0.05) is 0 Å². The lowest BCUT2D eigenvalue weighted by molar-refractivity contribution is 0.0315. The van der Waals surface area contributed by atoms with Crippen molar-refractivity contribution in [3.05, 3.63) is 12.7 Å². The number of H-pyrrole nitrogens is 1. The van der Waals surface area contributed by atoms with Crippen LogP contribution in [-0.2, 0) is 4.74 Å². The predicted octanol–water partition coefficient (Wildman–Crippen LogP) is 1.33. The Hall–Kier alpha value is -1.69. The average Bonchev–Trinajstić information content (AvgIpc) is 2.95. The monoisotopic (exact) mass is 233 g/mol. The highest BCUT2D eigenvalue weighted by Gasteiger charge is 2.29. The third-order valence-corrected chi connectivity index (χ3v) is 3.15. The molecule has 0 bridgehead atoms. The van der Waals surface area contributed by atoms with Gasteiger partial charge < -0.3 is 15.0 Å². The number of aromatic nitrogens is 4. The molecule has 0 amide bonds. The number of nitrogens with zero attached hydrogens (tertiary/aromatic N) is 3. The molecule has 3 heterocycles. The molecule has 1 aliphatic heterocycles. The largest absolute Gasteiger partial charge is 0.373 e. The summed E-state index contributed by atoms with van der Waals surface area (Å²) >= 11 is 0. The number of ether oxygens (including phenoxy) is 1. The third kappa shape index (κ3) is 1.95. The standard InChI is InChI=1S/C11H15N5O/c1-11(3-2-4-17-11)5-12-9-8-10(14-6-13-8)16-7-15-9/h6-7H,2-5H2,1H3,(H2,12,13,14,15,16). The molecule has 0 saturated carbocycles. The average molecular weight is 233 g/mol. The van der Waals surface area contributed by atoms with E-state index in [1.165, 1.54) is 6.33 Å². The van der Waals surface area contributed by atoms with Crippen LogP contribution in [0.25, 0.3) is 11.2 Å². The maximum absolute atomic E-state index is 5.72. The smallest absolute Gasteiger partial charge is 0.182 e. The molecular weight excluding hydrogens is 218 g/mol. The molecule has 6 heteroatoms. The van der Waals surface area contributed by atoms with Crippen LogP contribution in [0.1, 0.15) is 19.8 Å². The number of aromatic amines is 1. The van der Waals surface area contributed by atoms with Gasteiger partial charge >= 0.3 is 0 Å². The van der Waals surface area contributed by atoms with E-state index in [0.717, 1.165) is 37.3 Å². The first kappa shape index (κ1) is 10.5. The minimum Gasteiger partial charge on any atom is -0.373 e. The Bertz CT molecular complexity index is 517. The highest BCUT2D eigenvalue weighted by atomic mass is 16.5. The van der Waals surface area contributed by atoms with Crippen molar-refractivity contribution in [3.63, 3.8) is 0 Å². The fourth-order valence-electron chi connectivity index (χ4n) is 2.15. The Morgan fingerprint density at radius 3 is 3.24 bits per heavy atom. The molecule has 1 unspecified atom stereocenters. The van der Waals surface area contributed by atoms with E-state index in [1.807, 2.05) is 0 Å². The van der Waals surface area contributed by atoms with Gasteiger partial charge in [0.25, 0.3) is 0 Å². The fourth-order valence-corrected chi connectivity index (χ4v) is 2.15. The third-order valence-electron chi connectivity index (χ3n) is 3.15. The van der Waals surface area contributed by atoms with Crippen LogP contribution in [0.2, 0.25) is 0 Å². The summed E-state index contributed by atoms with van der Waals surface area (Å²) in [7, 11) is 0. The van der Waals surface area contributed by atoms with Crippen molar-refractivity contribution in [2.24, 2.45) is 0 Å². The number of hydrogen-bond donors (Lipinski definition) is 2. The summed E-state index contributed by atoms with van der Waals surface area (Å²) in [6, 6.07) is 0. The van der Waals surface area contributed by atoms with Crippen LogP contribution in [0.3, 0.4) is 0 Å². The molecule has 0 aliphatic carbocycles. The van der Waals surface area contributed by atoms with Crippen molar-refractivity contribution in [3.8, 4) is 0 Å². The Morgan fingerprint density at radius 2 is 2.41 bits per heavy atom. The quantitative estimate of drug-likeness (QED) is 0.836. The molecule has 6 nitrogen and oxygen atoms in total. The summed E-state index contributed by atoms with van der Waals surface area (Å²) in [6.45, 7) is 3.72. The van der Waals surface area contributed by atoms with E-state index >= 15 is 0 Å². The van der Waals surface area contributed by atoms with Crippen LogP contribution >= 0.6 is 0 Å². The molecule has 2 aromatic rings. The maximum atomic E-state index is 5.72. The number of fused-ring (bicyclic) bond motifs is 1. The summed E-state index contributed by atoms with van der Waals surface area (Å²) in [5, 5.41) is 3.31. The van der Waals surface area contributed by atoms with Crippen LogP contribution in [0, 0.1) is 0 Å². The van der Waals surface area contributed by atoms with Crippen molar-refractivity contribution < 1.29 is 4.74 Å². The lowest BCUT2D eigenvalue weighted by Gasteiger charge is -2.23. The van der Waals surface area contributed by atoms with E-state index < -0.39 is 0 Å². The number of hydrogen-bond acceptors (Lipinski definition) is 5. The van der Waals surface area contributed by atoms with Gasteiger partial charge in [0.15, 0.2) is 11.5 Å². The molecule has 0 spiro atoms. The maximum Gasteiger partial charge on any atom is 0.182 e. The van der Waals surface area contributed by atoms with E-state index in [9.17, 15) is 0 Å². The molecule has 1 fully saturated rings. The SMILES string of the molecule is CC1(CNc2ncnc3nc[nH]c23)CCCO1. The zero-order valence-corrected chi connectivity index (χ0v) is 9.73. The van der Waals surface area contributed by atoms with Gasteiger partial charge in [-0.3, -0.25) is 0 Å². The van der Waals surface area contributed by atoms with Gasteiger partial charge in [-0.05, 0) is 19.8 Å². The molecule has 17 heavy (non-hydrogen) atoms. The first-order valence-electron chi connectivity index (χ1n) is 5.79. The molecule has 90 valence electrons. The Balaban J connectivity index is 1.78. The normalized spacial score (nSPS) is 24.3. The molecule has 1 atom stereocenters.